The average molecular weight is 304 g/mol. The van der Waals surface area contributed by atoms with Crippen molar-refractivity contribution in [1.82, 2.24) is 0 Å². The van der Waals surface area contributed by atoms with E-state index in [1.54, 1.807) is 20.8 Å². The van der Waals surface area contributed by atoms with E-state index >= 15 is 0 Å². The van der Waals surface area contributed by atoms with Crippen molar-refractivity contribution in [3.05, 3.63) is 29.6 Å². The molecule has 0 aliphatic heterocycles. The molecule has 0 unspecified atom stereocenters. The average Bonchev–Trinajstić information content (AvgIpc) is 2.25. The molecule has 0 aliphatic rings. The van der Waals surface area contributed by atoms with Crippen LogP contribution in [0.1, 0.15) is 32.8 Å². The molecule has 0 aliphatic carbocycles. The molecule has 0 bridgehead atoms. The van der Waals surface area contributed by atoms with E-state index in [4.69, 9.17) is 10.5 Å². The first kappa shape index (κ1) is 17.3. The molecule has 1 aromatic rings. The van der Waals surface area contributed by atoms with Gasteiger partial charge < -0.3 is 10.5 Å². The van der Waals surface area contributed by atoms with Crippen LogP contribution in [0.5, 0.6) is 0 Å². The van der Waals surface area contributed by atoms with E-state index in [2.05, 4.69) is 5.32 Å². The van der Waals surface area contributed by atoms with Gasteiger partial charge in [0.25, 0.3) is 5.92 Å². The molecule has 1 amide bonds. The summed E-state index contributed by atoms with van der Waals surface area (Å²) >= 11 is 0. The fraction of sp³-hybridized carbons (Fsp3) is 0.500. The maximum absolute atomic E-state index is 13.7. The molecule has 1 aromatic carbocycles. The van der Waals surface area contributed by atoms with Crippen LogP contribution >= 0.6 is 0 Å². The van der Waals surface area contributed by atoms with E-state index in [-0.39, 0.29) is 12.2 Å². The van der Waals surface area contributed by atoms with Crippen LogP contribution in [0, 0.1) is 5.82 Å². The molecule has 7 heteroatoms. The van der Waals surface area contributed by atoms with Gasteiger partial charge in [0.2, 0.25) is 0 Å². The van der Waals surface area contributed by atoms with Gasteiger partial charge in [0.1, 0.15) is 11.4 Å². The molecule has 0 saturated carbocycles. The number of carbonyl (C=O) groups is 1. The third-order valence-electron chi connectivity index (χ3n) is 2.47. The Bertz CT molecular complexity index is 513. The van der Waals surface area contributed by atoms with Crippen molar-refractivity contribution in [2.75, 3.05) is 11.9 Å². The summed E-state index contributed by atoms with van der Waals surface area (Å²) in [7, 11) is 0. The highest BCUT2D eigenvalue weighted by Gasteiger charge is 2.33. The Balaban J connectivity index is 2.86. The van der Waals surface area contributed by atoms with E-state index in [9.17, 15) is 18.0 Å². The lowest BCUT2D eigenvalue weighted by Crippen LogP contribution is -2.27. The van der Waals surface area contributed by atoms with Crippen molar-refractivity contribution >= 4 is 11.8 Å². The molecule has 0 heterocycles. The Labute approximate surface area is 121 Å². The number of ether oxygens (including phenoxy) is 1. The van der Waals surface area contributed by atoms with Gasteiger partial charge in [-0.05, 0) is 45.5 Å². The second kappa shape index (κ2) is 6.34. The number of carbonyl (C=O) groups excluding carboxylic acids is 1. The summed E-state index contributed by atoms with van der Waals surface area (Å²) in [5.74, 6) is -4.45. The van der Waals surface area contributed by atoms with Gasteiger partial charge in [-0.3, -0.25) is 5.32 Å². The third-order valence-corrected chi connectivity index (χ3v) is 2.47. The molecule has 0 fully saturated rings. The van der Waals surface area contributed by atoms with Crippen LogP contribution in [-0.4, -0.2) is 18.2 Å². The van der Waals surface area contributed by atoms with Gasteiger partial charge in [-0.1, -0.05) is 0 Å². The molecule has 4 nitrogen and oxygen atoms in total. The smallest absolute Gasteiger partial charge is 0.412 e. The standard InChI is InChI=1S/C14H19F3N2O2/c1-13(2,3)21-12(20)19-9-4-5-10(11(15)8-9)14(16,17)6-7-18/h4-5,8H,6-7,18H2,1-3H3,(H,19,20). The van der Waals surface area contributed by atoms with Crippen molar-refractivity contribution in [3.63, 3.8) is 0 Å². The first-order valence-corrected chi connectivity index (χ1v) is 6.43. The van der Waals surface area contributed by atoms with E-state index in [0.717, 1.165) is 12.1 Å². The maximum atomic E-state index is 13.7. The van der Waals surface area contributed by atoms with Gasteiger partial charge in [-0.25, -0.2) is 18.0 Å². The Morgan fingerprint density at radius 2 is 1.95 bits per heavy atom. The number of amides is 1. The summed E-state index contributed by atoms with van der Waals surface area (Å²) in [6.07, 6.45) is -1.44. The Kier molecular flexibility index (Phi) is 5.22. The molecular formula is C14H19F3N2O2. The Hall–Kier alpha value is -1.76. The summed E-state index contributed by atoms with van der Waals surface area (Å²) in [5.41, 5.74) is 3.66. The molecule has 0 spiro atoms. The van der Waals surface area contributed by atoms with Crippen LogP contribution in [0.3, 0.4) is 0 Å². The number of nitrogens with one attached hydrogen (secondary N) is 1. The lowest BCUT2D eigenvalue weighted by atomic mass is 10.0. The molecule has 1 rings (SSSR count). The third kappa shape index (κ3) is 5.26. The molecule has 0 saturated heterocycles. The van der Waals surface area contributed by atoms with Gasteiger partial charge in [0.05, 0.1) is 5.56 Å². The van der Waals surface area contributed by atoms with Crippen LogP contribution in [0.25, 0.3) is 0 Å². The van der Waals surface area contributed by atoms with Gasteiger partial charge in [-0.15, -0.1) is 0 Å². The second-order valence-electron chi connectivity index (χ2n) is 5.56. The Morgan fingerprint density at radius 3 is 2.43 bits per heavy atom. The van der Waals surface area contributed by atoms with E-state index in [1.165, 1.54) is 6.07 Å². The molecule has 3 N–H and O–H groups in total. The van der Waals surface area contributed by atoms with Crippen molar-refractivity contribution in [3.8, 4) is 0 Å². The zero-order chi connectivity index (χ0) is 16.3. The van der Waals surface area contributed by atoms with Crippen molar-refractivity contribution in [1.29, 1.82) is 0 Å². The quantitative estimate of drug-likeness (QED) is 0.893. The first-order valence-electron chi connectivity index (χ1n) is 6.43. The largest absolute Gasteiger partial charge is 0.444 e. The van der Waals surface area contributed by atoms with Gasteiger partial charge >= 0.3 is 6.09 Å². The lowest BCUT2D eigenvalue weighted by Gasteiger charge is -2.20. The minimum atomic E-state index is -3.34. The first-order chi connectivity index (χ1) is 9.55. The maximum Gasteiger partial charge on any atom is 0.412 e. The summed E-state index contributed by atoms with van der Waals surface area (Å²) in [6.45, 7) is 4.75. The van der Waals surface area contributed by atoms with Crippen LogP contribution in [-0.2, 0) is 10.7 Å². The van der Waals surface area contributed by atoms with Crippen LogP contribution < -0.4 is 11.1 Å². The normalized spacial score (nSPS) is 12.1. The number of hydrogen-bond donors (Lipinski definition) is 2. The molecule has 21 heavy (non-hydrogen) atoms. The minimum Gasteiger partial charge on any atom is -0.444 e. The minimum absolute atomic E-state index is 0.0362. The number of rotatable bonds is 4. The number of benzene rings is 1. The zero-order valence-electron chi connectivity index (χ0n) is 12.2. The van der Waals surface area contributed by atoms with Crippen LogP contribution in [0.15, 0.2) is 18.2 Å². The topological polar surface area (TPSA) is 64.3 Å². The predicted octanol–water partition coefficient (Wildman–Crippen LogP) is 3.61. The van der Waals surface area contributed by atoms with Gasteiger partial charge in [0, 0.05) is 12.1 Å². The number of alkyl halides is 2. The second-order valence-corrected chi connectivity index (χ2v) is 5.56. The van der Waals surface area contributed by atoms with Crippen LogP contribution in [0.4, 0.5) is 23.7 Å². The van der Waals surface area contributed by atoms with Crippen molar-refractivity contribution < 1.29 is 22.7 Å². The molecular weight excluding hydrogens is 285 g/mol. The van der Waals surface area contributed by atoms with Gasteiger partial charge in [0.15, 0.2) is 0 Å². The van der Waals surface area contributed by atoms with E-state index in [1.807, 2.05) is 0 Å². The lowest BCUT2D eigenvalue weighted by molar-refractivity contribution is -0.0140. The highest BCUT2D eigenvalue weighted by atomic mass is 19.3. The summed E-state index contributed by atoms with van der Waals surface area (Å²) < 4.78 is 45.9. The highest BCUT2D eigenvalue weighted by Crippen LogP contribution is 2.34. The van der Waals surface area contributed by atoms with E-state index < -0.39 is 35.4 Å². The highest BCUT2D eigenvalue weighted by molar-refractivity contribution is 5.84. The number of hydrogen-bond acceptors (Lipinski definition) is 3. The predicted molar refractivity (Wildman–Crippen MR) is 73.8 cm³/mol. The SMILES string of the molecule is CC(C)(C)OC(=O)Nc1ccc(C(F)(F)CCN)c(F)c1. The van der Waals surface area contributed by atoms with Crippen molar-refractivity contribution in [2.24, 2.45) is 5.73 Å². The molecule has 0 radical (unpaired) electrons. The Morgan fingerprint density at radius 1 is 1.33 bits per heavy atom. The summed E-state index contributed by atoms with van der Waals surface area (Å²) in [4.78, 5) is 11.5. The fourth-order valence-electron chi connectivity index (χ4n) is 1.63. The molecule has 0 aromatic heterocycles. The number of anilines is 1. The summed E-state index contributed by atoms with van der Waals surface area (Å²) in [6, 6.07) is 2.94. The van der Waals surface area contributed by atoms with Gasteiger partial charge in [-0.2, -0.15) is 0 Å². The number of nitrogens with two attached hydrogens (primary N) is 1. The van der Waals surface area contributed by atoms with E-state index in [0.29, 0.717) is 0 Å². The molecule has 0 atom stereocenters. The van der Waals surface area contributed by atoms with Crippen molar-refractivity contribution in [2.45, 2.75) is 38.7 Å². The zero-order valence-corrected chi connectivity index (χ0v) is 12.2. The molecule has 118 valence electrons. The fourth-order valence-corrected chi connectivity index (χ4v) is 1.63. The monoisotopic (exact) mass is 304 g/mol. The summed E-state index contributed by atoms with van der Waals surface area (Å²) in [5, 5.41) is 2.28. The van der Waals surface area contributed by atoms with Crippen LogP contribution in [0.2, 0.25) is 0 Å². The number of halogens is 3.